The van der Waals surface area contributed by atoms with Crippen molar-refractivity contribution in [3.63, 3.8) is 0 Å². The molecule has 2 aromatic carbocycles. The van der Waals surface area contributed by atoms with E-state index in [1.165, 1.54) is 6.33 Å². The fourth-order valence-electron chi connectivity index (χ4n) is 2.45. The fraction of sp³-hybridized carbons (Fsp3) is 0.176. The van der Waals surface area contributed by atoms with Gasteiger partial charge in [-0.25, -0.2) is 4.98 Å². The number of H-pyrrole nitrogens is 1. The van der Waals surface area contributed by atoms with Crippen LogP contribution in [0, 0.1) is 0 Å². The van der Waals surface area contributed by atoms with Gasteiger partial charge in [0.2, 0.25) is 0 Å². The molecule has 0 aliphatic carbocycles. The molecule has 5 nitrogen and oxygen atoms in total. The number of ether oxygens (including phenoxy) is 1. The number of para-hydroxylation sites is 1. The molecule has 22 heavy (non-hydrogen) atoms. The van der Waals surface area contributed by atoms with Crippen LogP contribution in [0.3, 0.4) is 0 Å². The number of benzene rings is 2. The van der Waals surface area contributed by atoms with E-state index in [1.54, 1.807) is 7.11 Å². The zero-order valence-electron chi connectivity index (χ0n) is 12.6. The molecule has 1 aromatic heterocycles. The summed E-state index contributed by atoms with van der Waals surface area (Å²) >= 11 is 0. The molecule has 1 heterocycles. The molecule has 0 bridgehead atoms. The minimum absolute atomic E-state index is 0.126. The summed E-state index contributed by atoms with van der Waals surface area (Å²) in [6, 6.07) is 16.2. The molecule has 0 saturated carbocycles. The fourth-order valence-corrected chi connectivity index (χ4v) is 2.45. The Kier molecular flexibility index (Phi) is 4.05. The lowest BCUT2D eigenvalue weighted by Crippen LogP contribution is -2.08. The lowest BCUT2D eigenvalue weighted by molar-refractivity contribution is 0.408. The van der Waals surface area contributed by atoms with Crippen LogP contribution in [0.5, 0.6) is 5.75 Å². The number of aromatic amines is 1. The van der Waals surface area contributed by atoms with Gasteiger partial charge in [-0.3, -0.25) is 5.10 Å². The molecule has 0 spiro atoms. The van der Waals surface area contributed by atoms with Crippen LogP contribution in [0.25, 0.3) is 11.4 Å². The molecule has 0 unspecified atom stereocenters. The van der Waals surface area contributed by atoms with Crippen molar-refractivity contribution >= 4 is 5.69 Å². The number of anilines is 1. The van der Waals surface area contributed by atoms with E-state index in [9.17, 15) is 0 Å². The normalized spacial score (nSPS) is 11.9. The van der Waals surface area contributed by atoms with Crippen molar-refractivity contribution in [3.8, 4) is 17.1 Å². The summed E-state index contributed by atoms with van der Waals surface area (Å²) in [4.78, 5) is 4.18. The SMILES string of the molecule is COc1ccccc1[C@@H](C)Nc1cccc(-c2ncn[nH]2)c1. The second-order valence-corrected chi connectivity index (χ2v) is 5.02. The van der Waals surface area contributed by atoms with Crippen molar-refractivity contribution in [2.75, 3.05) is 12.4 Å². The standard InChI is InChI=1S/C17H18N4O/c1-12(15-8-3-4-9-16(15)22-2)20-14-7-5-6-13(10-14)17-18-11-19-21-17/h3-12,20H,1-2H3,(H,18,19,21)/t12-/m1/s1. The zero-order valence-corrected chi connectivity index (χ0v) is 12.6. The number of hydrogen-bond donors (Lipinski definition) is 2. The number of methoxy groups -OCH3 is 1. The smallest absolute Gasteiger partial charge is 0.155 e. The maximum absolute atomic E-state index is 5.42. The van der Waals surface area contributed by atoms with E-state index in [0.29, 0.717) is 0 Å². The number of aromatic nitrogens is 3. The Morgan fingerprint density at radius 1 is 1.14 bits per heavy atom. The highest BCUT2D eigenvalue weighted by Crippen LogP contribution is 2.28. The van der Waals surface area contributed by atoms with Gasteiger partial charge in [0.15, 0.2) is 5.82 Å². The second kappa shape index (κ2) is 6.30. The lowest BCUT2D eigenvalue weighted by atomic mass is 10.1. The maximum atomic E-state index is 5.42. The minimum atomic E-state index is 0.126. The van der Waals surface area contributed by atoms with Gasteiger partial charge < -0.3 is 10.1 Å². The molecule has 0 amide bonds. The van der Waals surface area contributed by atoms with Crippen LogP contribution in [0.1, 0.15) is 18.5 Å². The molecule has 112 valence electrons. The third-order valence-corrected chi connectivity index (χ3v) is 3.54. The summed E-state index contributed by atoms with van der Waals surface area (Å²) < 4.78 is 5.42. The van der Waals surface area contributed by atoms with Gasteiger partial charge in [-0.2, -0.15) is 5.10 Å². The molecule has 0 fully saturated rings. The molecular weight excluding hydrogens is 276 g/mol. The van der Waals surface area contributed by atoms with Crippen molar-refractivity contribution in [3.05, 3.63) is 60.4 Å². The van der Waals surface area contributed by atoms with E-state index in [-0.39, 0.29) is 6.04 Å². The summed E-state index contributed by atoms with van der Waals surface area (Å²) in [5, 5.41) is 10.3. The summed E-state index contributed by atoms with van der Waals surface area (Å²) in [7, 11) is 1.69. The highest BCUT2D eigenvalue weighted by Gasteiger charge is 2.11. The summed E-state index contributed by atoms with van der Waals surface area (Å²) in [5.74, 6) is 1.64. The van der Waals surface area contributed by atoms with E-state index in [0.717, 1.165) is 28.4 Å². The Bertz CT molecular complexity index is 740. The third kappa shape index (κ3) is 2.93. The van der Waals surface area contributed by atoms with Crippen LogP contribution in [-0.4, -0.2) is 22.3 Å². The minimum Gasteiger partial charge on any atom is -0.496 e. The largest absolute Gasteiger partial charge is 0.496 e. The Labute approximate surface area is 129 Å². The summed E-state index contributed by atoms with van der Waals surface area (Å²) in [5.41, 5.74) is 3.14. The van der Waals surface area contributed by atoms with Crippen LogP contribution in [0.15, 0.2) is 54.9 Å². The van der Waals surface area contributed by atoms with Gasteiger partial charge >= 0.3 is 0 Å². The predicted molar refractivity (Wildman–Crippen MR) is 86.9 cm³/mol. The van der Waals surface area contributed by atoms with Gasteiger partial charge in [0.05, 0.1) is 13.2 Å². The van der Waals surface area contributed by atoms with Crippen molar-refractivity contribution < 1.29 is 4.74 Å². The molecule has 0 saturated heterocycles. The monoisotopic (exact) mass is 294 g/mol. The highest BCUT2D eigenvalue weighted by atomic mass is 16.5. The van der Waals surface area contributed by atoms with Gasteiger partial charge in [-0.05, 0) is 25.1 Å². The van der Waals surface area contributed by atoms with E-state index in [4.69, 9.17) is 4.74 Å². The number of nitrogens with one attached hydrogen (secondary N) is 2. The molecule has 3 aromatic rings. The first-order valence-corrected chi connectivity index (χ1v) is 7.13. The molecule has 0 aliphatic rings. The van der Waals surface area contributed by atoms with Crippen LogP contribution in [0.4, 0.5) is 5.69 Å². The second-order valence-electron chi connectivity index (χ2n) is 5.02. The molecule has 0 aliphatic heterocycles. The van der Waals surface area contributed by atoms with Crippen LogP contribution < -0.4 is 10.1 Å². The summed E-state index contributed by atoms with van der Waals surface area (Å²) in [6.07, 6.45) is 1.51. The van der Waals surface area contributed by atoms with Crippen LogP contribution in [0.2, 0.25) is 0 Å². The third-order valence-electron chi connectivity index (χ3n) is 3.54. The molecule has 5 heteroatoms. The van der Waals surface area contributed by atoms with Gasteiger partial charge in [0, 0.05) is 16.8 Å². The average molecular weight is 294 g/mol. The first-order valence-electron chi connectivity index (χ1n) is 7.13. The quantitative estimate of drug-likeness (QED) is 0.754. The molecule has 3 rings (SSSR count). The number of rotatable bonds is 5. The van der Waals surface area contributed by atoms with Crippen molar-refractivity contribution in [1.82, 2.24) is 15.2 Å². The van der Waals surface area contributed by atoms with Crippen molar-refractivity contribution in [2.45, 2.75) is 13.0 Å². The number of nitrogens with zero attached hydrogens (tertiary/aromatic N) is 2. The maximum Gasteiger partial charge on any atom is 0.155 e. The topological polar surface area (TPSA) is 62.8 Å². The molecular formula is C17H18N4O. The number of hydrogen-bond acceptors (Lipinski definition) is 4. The van der Waals surface area contributed by atoms with E-state index in [2.05, 4.69) is 33.5 Å². The van der Waals surface area contributed by atoms with Gasteiger partial charge in [0.1, 0.15) is 12.1 Å². The molecule has 2 N–H and O–H groups in total. The molecule has 0 radical (unpaired) electrons. The first-order chi connectivity index (χ1) is 10.8. The Morgan fingerprint density at radius 3 is 2.77 bits per heavy atom. The predicted octanol–water partition coefficient (Wildman–Crippen LogP) is 3.65. The molecule has 1 atom stereocenters. The Hall–Kier alpha value is -2.82. The highest BCUT2D eigenvalue weighted by molar-refractivity contribution is 5.62. The summed E-state index contributed by atoms with van der Waals surface area (Å²) in [6.45, 7) is 2.11. The zero-order chi connectivity index (χ0) is 15.4. The van der Waals surface area contributed by atoms with Crippen molar-refractivity contribution in [1.29, 1.82) is 0 Å². The van der Waals surface area contributed by atoms with Gasteiger partial charge in [-0.1, -0.05) is 30.3 Å². The van der Waals surface area contributed by atoms with Gasteiger partial charge in [0.25, 0.3) is 0 Å². The van der Waals surface area contributed by atoms with E-state index >= 15 is 0 Å². The van der Waals surface area contributed by atoms with Crippen LogP contribution in [-0.2, 0) is 0 Å². The Balaban J connectivity index is 1.82. The average Bonchev–Trinajstić information content (AvgIpc) is 3.09. The first kappa shape index (κ1) is 14.1. The van der Waals surface area contributed by atoms with E-state index in [1.807, 2.05) is 42.5 Å². The van der Waals surface area contributed by atoms with Crippen molar-refractivity contribution in [2.24, 2.45) is 0 Å². The Morgan fingerprint density at radius 2 is 2.00 bits per heavy atom. The lowest BCUT2D eigenvalue weighted by Gasteiger charge is -2.18. The van der Waals surface area contributed by atoms with Gasteiger partial charge in [-0.15, -0.1) is 0 Å². The van der Waals surface area contributed by atoms with Crippen LogP contribution >= 0.6 is 0 Å². The van der Waals surface area contributed by atoms with E-state index < -0.39 is 0 Å².